The Morgan fingerprint density at radius 1 is 1.15 bits per heavy atom. The monoisotopic (exact) mass is 360 g/mol. The lowest BCUT2D eigenvalue weighted by Gasteiger charge is -2.18. The Balaban J connectivity index is 2.62. The van der Waals surface area contributed by atoms with Crippen molar-refractivity contribution in [1.82, 2.24) is 0 Å². The highest BCUT2D eigenvalue weighted by atomic mass is 16.5. The number of allylic oxidation sites excluding steroid dienone is 5. The molecule has 144 valence electrons. The molecular formula is C22H32O4. The second-order valence-corrected chi connectivity index (χ2v) is 7.35. The van der Waals surface area contributed by atoms with Gasteiger partial charge in [-0.25, -0.2) is 0 Å². The summed E-state index contributed by atoms with van der Waals surface area (Å²) in [6.07, 6.45) is 11.4. The van der Waals surface area contributed by atoms with Crippen molar-refractivity contribution in [3.05, 3.63) is 34.4 Å². The normalized spacial score (nSPS) is 18.5. The predicted molar refractivity (Wildman–Crippen MR) is 104 cm³/mol. The van der Waals surface area contributed by atoms with Gasteiger partial charge >= 0.3 is 5.97 Å². The van der Waals surface area contributed by atoms with E-state index in [1.165, 1.54) is 18.1 Å². The van der Waals surface area contributed by atoms with Gasteiger partial charge < -0.3 is 9.53 Å². The zero-order valence-electron chi connectivity index (χ0n) is 16.5. The average molecular weight is 360 g/mol. The van der Waals surface area contributed by atoms with Crippen molar-refractivity contribution in [2.24, 2.45) is 11.8 Å². The van der Waals surface area contributed by atoms with Crippen LogP contribution in [0, 0.1) is 11.8 Å². The van der Waals surface area contributed by atoms with Crippen LogP contribution in [0.1, 0.15) is 66.2 Å². The van der Waals surface area contributed by atoms with Crippen LogP contribution in [0.25, 0.3) is 0 Å². The van der Waals surface area contributed by atoms with Crippen LogP contribution >= 0.6 is 0 Å². The number of hydrogen-bond acceptors (Lipinski definition) is 4. The molecule has 0 saturated heterocycles. The second-order valence-electron chi connectivity index (χ2n) is 7.35. The Hall–Kier alpha value is -1.97. The van der Waals surface area contributed by atoms with Crippen LogP contribution in [0.2, 0.25) is 0 Å². The van der Waals surface area contributed by atoms with Crippen molar-refractivity contribution >= 4 is 18.5 Å². The molecule has 0 spiro atoms. The number of rotatable bonds is 11. The summed E-state index contributed by atoms with van der Waals surface area (Å²) in [5.41, 5.74) is 4.19. The first-order valence-electron chi connectivity index (χ1n) is 9.43. The van der Waals surface area contributed by atoms with Gasteiger partial charge in [-0.2, -0.15) is 0 Å². The molecule has 2 unspecified atom stereocenters. The third kappa shape index (κ3) is 7.51. The van der Waals surface area contributed by atoms with Gasteiger partial charge in [0.2, 0.25) is 0 Å². The van der Waals surface area contributed by atoms with Crippen LogP contribution in [0.3, 0.4) is 0 Å². The maximum atomic E-state index is 11.6. The van der Waals surface area contributed by atoms with E-state index in [1.54, 1.807) is 0 Å². The highest BCUT2D eigenvalue weighted by Gasteiger charge is 2.31. The van der Waals surface area contributed by atoms with Crippen LogP contribution in [0.5, 0.6) is 0 Å². The topological polar surface area (TPSA) is 60.4 Å². The molecule has 26 heavy (non-hydrogen) atoms. The van der Waals surface area contributed by atoms with E-state index < -0.39 is 0 Å². The minimum atomic E-state index is -0.355. The zero-order chi connectivity index (χ0) is 19.5. The van der Waals surface area contributed by atoms with E-state index >= 15 is 0 Å². The summed E-state index contributed by atoms with van der Waals surface area (Å²) in [6.45, 7) is 7.84. The average Bonchev–Trinajstić information content (AvgIpc) is 2.99. The Labute approximate surface area is 157 Å². The van der Waals surface area contributed by atoms with E-state index in [1.807, 2.05) is 0 Å². The second kappa shape index (κ2) is 11.6. The summed E-state index contributed by atoms with van der Waals surface area (Å²) < 4.78 is 5.03. The van der Waals surface area contributed by atoms with Gasteiger partial charge in [0.1, 0.15) is 19.2 Å². The first kappa shape index (κ1) is 22.1. The molecule has 0 aromatic rings. The summed E-state index contributed by atoms with van der Waals surface area (Å²) in [7, 11) is 0. The summed E-state index contributed by atoms with van der Waals surface area (Å²) in [4.78, 5) is 34.1. The lowest BCUT2D eigenvalue weighted by atomic mass is 9.84. The van der Waals surface area contributed by atoms with Crippen LogP contribution < -0.4 is 0 Å². The molecule has 0 fully saturated rings. The van der Waals surface area contributed by atoms with E-state index in [2.05, 4.69) is 32.9 Å². The van der Waals surface area contributed by atoms with E-state index in [9.17, 15) is 14.4 Å². The van der Waals surface area contributed by atoms with E-state index in [4.69, 9.17) is 4.74 Å². The van der Waals surface area contributed by atoms with Gasteiger partial charge in [-0.15, -0.1) is 0 Å². The molecule has 1 aliphatic carbocycles. The minimum absolute atomic E-state index is 0.0464. The van der Waals surface area contributed by atoms with Gasteiger partial charge in [0.05, 0.1) is 0 Å². The Morgan fingerprint density at radius 3 is 2.46 bits per heavy atom. The molecular weight excluding hydrogens is 328 g/mol. The number of aldehydes is 2. The Bertz CT molecular complexity index is 591. The molecule has 1 rings (SSSR count). The van der Waals surface area contributed by atoms with Crippen LogP contribution in [0.4, 0.5) is 0 Å². The molecule has 0 aliphatic heterocycles. The molecule has 0 saturated carbocycles. The first-order chi connectivity index (χ1) is 12.4. The third-order valence-corrected chi connectivity index (χ3v) is 4.92. The molecule has 0 radical (unpaired) electrons. The molecule has 0 N–H and O–H groups in total. The van der Waals surface area contributed by atoms with Crippen molar-refractivity contribution in [3.8, 4) is 0 Å². The van der Waals surface area contributed by atoms with Crippen molar-refractivity contribution in [1.29, 1.82) is 0 Å². The summed E-state index contributed by atoms with van der Waals surface area (Å²) in [6, 6.07) is 0. The highest BCUT2D eigenvalue weighted by Crippen LogP contribution is 2.37. The standard InChI is InChI=1S/C22H32O4/c1-16(2)7-5-8-17(3)9-6-10-19(13-23)21-12-11-20(22(21)14-24)15-26-18(4)25/h7,9,13-14,19,21H,5-6,8,10-12,15H2,1-4H3. The van der Waals surface area contributed by atoms with Crippen LogP contribution in [0.15, 0.2) is 34.4 Å². The fourth-order valence-electron chi connectivity index (χ4n) is 3.43. The number of carbonyl (C=O) groups is 3. The highest BCUT2D eigenvalue weighted by molar-refractivity contribution is 5.78. The molecule has 0 aromatic carbocycles. The minimum Gasteiger partial charge on any atom is -0.461 e. The zero-order valence-corrected chi connectivity index (χ0v) is 16.5. The fraction of sp³-hybridized carbons (Fsp3) is 0.591. The number of carbonyl (C=O) groups excluding carboxylic acids is 3. The summed E-state index contributed by atoms with van der Waals surface area (Å²) in [5, 5.41) is 0. The molecule has 2 atom stereocenters. The van der Waals surface area contributed by atoms with Gasteiger partial charge in [0.25, 0.3) is 0 Å². The molecule has 0 amide bonds. The SMILES string of the molecule is CC(=O)OCC1=C(C=O)C(C(C=O)CCC=C(C)CCC=C(C)C)CC1. The first-order valence-corrected chi connectivity index (χ1v) is 9.43. The lowest BCUT2D eigenvalue weighted by Crippen LogP contribution is -2.17. The maximum Gasteiger partial charge on any atom is 0.302 e. The van der Waals surface area contributed by atoms with Gasteiger partial charge in [0, 0.05) is 12.8 Å². The van der Waals surface area contributed by atoms with Crippen LogP contribution in [-0.4, -0.2) is 25.1 Å². The number of hydrogen-bond donors (Lipinski definition) is 0. The fourth-order valence-corrected chi connectivity index (χ4v) is 3.43. The molecule has 0 aromatic heterocycles. The van der Waals surface area contributed by atoms with Crippen LogP contribution in [-0.2, 0) is 19.1 Å². The quantitative estimate of drug-likeness (QED) is 0.303. The third-order valence-electron chi connectivity index (χ3n) is 4.92. The number of ether oxygens (including phenoxy) is 1. The van der Waals surface area contributed by atoms with Crippen molar-refractivity contribution < 1.29 is 19.1 Å². The van der Waals surface area contributed by atoms with Gasteiger partial charge in [-0.05, 0) is 76.4 Å². The maximum absolute atomic E-state index is 11.6. The molecule has 0 bridgehead atoms. The van der Waals surface area contributed by atoms with E-state index in [-0.39, 0.29) is 24.4 Å². The van der Waals surface area contributed by atoms with Crippen molar-refractivity contribution in [3.63, 3.8) is 0 Å². The van der Waals surface area contributed by atoms with E-state index in [0.717, 1.165) is 50.2 Å². The summed E-state index contributed by atoms with van der Waals surface area (Å²) >= 11 is 0. The van der Waals surface area contributed by atoms with Crippen molar-refractivity contribution in [2.75, 3.05) is 6.61 Å². The Kier molecular flexibility index (Phi) is 9.85. The molecule has 4 nitrogen and oxygen atoms in total. The smallest absolute Gasteiger partial charge is 0.302 e. The molecule has 0 heterocycles. The Morgan fingerprint density at radius 2 is 1.88 bits per heavy atom. The van der Waals surface area contributed by atoms with E-state index in [0.29, 0.717) is 12.0 Å². The summed E-state index contributed by atoms with van der Waals surface area (Å²) in [5.74, 6) is -0.561. The molecule has 4 heteroatoms. The molecule has 1 aliphatic rings. The van der Waals surface area contributed by atoms with Gasteiger partial charge in [-0.3, -0.25) is 9.59 Å². The van der Waals surface area contributed by atoms with Gasteiger partial charge in [-0.1, -0.05) is 23.3 Å². The van der Waals surface area contributed by atoms with Crippen molar-refractivity contribution in [2.45, 2.75) is 66.2 Å². The van der Waals surface area contributed by atoms with Gasteiger partial charge in [0.15, 0.2) is 0 Å². The predicted octanol–water partition coefficient (Wildman–Crippen LogP) is 4.74. The largest absolute Gasteiger partial charge is 0.461 e. The number of esters is 1. The lowest BCUT2D eigenvalue weighted by molar-refractivity contribution is -0.140.